The highest BCUT2D eigenvalue weighted by Gasteiger charge is 2.12. The van der Waals surface area contributed by atoms with Crippen LogP contribution in [-0.2, 0) is 13.0 Å². The molecule has 1 aromatic heterocycles. The molecule has 2 rings (SSSR count). The molecule has 1 heterocycles. The number of benzene rings is 1. The quantitative estimate of drug-likeness (QED) is 0.805. The maximum Gasteiger partial charge on any atom is 0.307 e. The van der Waals surface area contributed by atoms with Gasteiger partial charge in [0.2, 0.25) is 0 Å². The van der Waals surface area contributed by atoms with E-state index >= 15 is 0 Å². The molecule has 19 heavy (non-hydrogen) atoms. The summed E-state index contributed by atoms with van der Waals surface area (Å²) in [5, 5.41) is 0. The maximum atomic E-state index is 12.2. The fraction of sp³-hybridized carbons (Fsp3) is 0.333. The number of aryl methyl sites for hydroxylation is 2. The van der Waals surface area contributed by atoms with Gasteiger partial charge in [-0.25, -0.2) is 0 Å². The van der Waals surface area contributed by atoms with E-state index in [4.69, 9.17) is 0 Å². The lowest BCUT2D eigenvalue weighted by Crippen LogP contribution is -2.20. The fourth-order valence-corrected chi connectivity index (χ4v) is 2.76. The zero-order valence-corrected chi connectivity index (χ0v) is 12.2. The lowest BCUT2D eigenvalue weighted by Gasteiger charge is -2.05. The number of aromatic nitrogens is 1. The van der Waals surface area contributed by atoms with E-state index in [9.17, 15) is 9.59 Å². The summed E-state index contributed by atoms with van der Waals surface area (Å²) in [5.74, 6) is -0.0225. The minimum atomic E-state index is -0.0615. The Morgan fingerprint density at radius 3 is 2.32 bits per heavy atom. The molecule has 0 unspecified atom stereocenters. The third kappa shape index (κ3) is 2.84. The van der Waals surface area contributed by atoms with Gasteiger partial charge in [-0.3, -0.25) is 14.2 Å². The normalized spacial score (nSPS) is 10.7. The summed E-state index contributed by atoms with van der Waals surface area (Å²) >= 11 is 1.19. The van der Waals surface area contributed by atoms with E-state index in [1.807, 2.05) is 38.1 Å². The Labute approximate surface area is 116 Å². The highest BCUT2D eigenvalue weighted by Crippen LogP contribution is 2.11. The average Bonchev–Trinajstić information content (AvgIpc) is 2.65. The molecule has 0 saturated carbocycles. The maximum absolute atomic E-state index is 12.2. The van der Waals surface area contributed by atoms with Crippen LogP contribution in [0.25, 0.3) is 0 Å². The summed E-state index contributed by atoms with van der Waals surface area (Å²) in [5.41, 5.74) is 2.75. The van der Waals surface area contributed by atoms with Gasteiger partial charge in [-0.15, -0.1) is 0 Å². The van der Waals surface area contributed by atoms with Crippen LogP contribution in [-0.4, -0.2) is 10.4 Å². The van der Waals surface area contributed by atoms with Crippen LogP contribution in [0.5, 0.6) is 0 Å². The molecule has 0 aliphatic heterocycles. The molecule has 0 saturated heterocycles. The number of carbonyl (C=O) groups is 1. The minimum Gasteiger partial charge on any atom is -0.295 e. The van der Waals surface area contributed by atoms with Gasteiger partial charge in [0, 0.05) is 16.1 Å². The molecule has 0 spiro atoms. The molecule has 2 aromatic rings. The summed E-state index contributed by atoms with van der Waals surface area (Å²) < 4.78 is 1.55. The molecular weight excluding hydrogens is 258 g/mol. The molecule has 0 amide bonds. The third-order valence-electron chi connectivity index (χ3n) is 3.36. The summed E-state index contributed by atoms with van der Waals surface area (Å²) in [6, 6.07) is 7.59. The van der Waals surface area contributed by atoms with Crippen molar-refractivity contribution in [2.24, 2.45) is 0 Å². The Kier molecular flexibility index (Phi) is 4.00. The number of nitrogens with zero attached hydrogens (tertiary/aromatic N) is 1. The number of carbonyl (C=O) groups excluding carboxylic acids is 1. The SMILES string of the molecule is CCc1ccc(C(=O)Cn2c(C)c(C)sc2=O)cc1. The van der Waals surface area contributed by atoms with Gasteiger partial charge in [-0.2, -0.15) is 0 Å². The number of hydrogen-bond acceptors (Lipinski definition) is 3. The van der Waals surface area contributed by atoms with Crippen molar-refractivity contribution in [3.63, 3.8) is 0 Å². The van der Waals surface area contributed by atoms with Crippen molar-refractivity contribution in [2.75, 3.05) is 0 Å². The summed E-state index contributed by atoms with van der Waals surface area (Å²) in [6.07, 6.45) is 0.955. The molecule has 0 fully saturated rings. The molecule has 0 atom stereocenters. The van der Waals surface area contributed by atoms with Crippen LogP contribution >= 0.6 is 11.3 Å². The predicted octanol–water partition coefficient (Wildman–Crippen LogP) is 2.97. The zero-order valence-electron chi connectivity index (χ0n) is 11.4. The van der Waals surface area contributed by atoms with Crippen molar-refractivity contribution >= 4 is 17.1 Å². The summed E-state index contributed by atoms with van der Waals surface area (Å²) in [4.78, 5) is 24.8. The highest BCUT2D eigenvalue weighted by molar-refractivity contribution is 7.09. The van der Waals surface area contributed by atoms with E-state index < -0.39 is 0 Å². The van der Waals surface area contributed by atoms with Crippen LogP contribution < -0.4 is 4.87 Å². The average molecular weight is 275 g/mol. The summed E-state index contributed by atoms with van der Waals surface area (Å²) in [6.45, 7) is 5.98. The lowest BCUT2D eigenvalue weighted by atomic mass is 10.1. The van der Waals surface area contributed by atoms with Crippen LogP contribution in [0.1, 0.15) is 33.4 Å². The van der Waals surface area contributed by atoms with Gasteiger partial charge in [-0.1, -0.05) is 42.5 Å². The first-order valence-electron chi connectivity index (χ1n) is 6.32. The van der Waals surface area contributed by atoms with E-state index in [0.717, 1.165) is 17.0 Å². The molecule has 0 aliphatic rings. The number of hydrogen-bond donors (Lipinski definition) is 0. The van der Waals surface area contributed by atoms with Gasteiger partial charge in [0.05, 0.1) is 6.54 Å². The number of Topliss-reactive ketones (excluding diaryl/α,β-unsaturated/α-hetero) is 1. The molecule has 0 aliphatic carbocycles. The molecule has 4 heteroatoms. The van der Waals surface area contributed by atoms with Crippen molar-refractivity contribution in [3.8, 4) is 0 Å². The van der Waals surface area contributed by atoms with Gasteiger partial charge in [0.15, 0.2) is 5.78 Å². The van der Waals surface area contributed by atoms with Crippen molar-refractivity contribution in [2.45, 2.75) is 33.7 Å². The Morgan fingerprint density at radius 1 is 1.21 bits per heavy atom. The van der Waals surface area contributed by atoms with Crippen molar-refractivity contribution in [3.05, 3.63) is 55.6 Å². The standard InChI is InChI=1S/C15H17NO2S/c1-4-12-5-7-13(8-6-12)14(17)9-16-10(2)11(3)19-15(16)18/h5-8H,4,9H2,1-3H3. The van der Waals surface area contributed by atoms with Crippen LogP contribution in [0.3, 0.4) is 0 Å². The highest BCUT2D eigenvalue weighted by atomic mass is 32.1. The number of ketones is 1. The monoisotopic (exact) mass is 275 g/mol. The number of thiazole rings is 1. The van der Waals surface area contributed by atoms with Gasteiger partial charge in [-0.05, 0) is 25.8 Å². The van der Waals surface area contributed by atoms with Crippen LogP contribution in [0.4, 0.5) is 0 Å². The Balaban J connectivity index is 2.23. The second kappa shape index (κ2) is 5.53. The first-order chi connectivity index (χ1) is 9.02. The first-order valence-corrected chi connectivity index (χ1v) is 7.13. The van der Waals surface area contributed by atoms with Crippen LogP contribution in [0.15, 0.2) is 29.1 Å². The second-order valence-electron chi connectivity index (χ2n) is 4.57. The molecular formula is C15H17NO2S. The molecule has 3 nitrogen and oxygen atoms in total. The van der Waals surface area contributed by atoms with E-state index in [-0.39, 0.29) is 17.2 Å². The predicted molar refractivity (Wildman–Crippen MR) is 78.2 cm³/mol. The van der Waals surface area contributed by atoms with E-state index in [1.54, 1.807) is 4.57 Å². The topological polar surface area (TPSA) is 39.1 Å². The van der Waals surface area contributed by atoms with E-state index in [1.165, 1.54) is 16.9 Å². The van der Waals surface area contributed by atoms with Crippen molar-refractivity contribution < 1.29 is 4.79 Å². The van der Waals surface area contributed by atoms with Crippen molar-refractivity contribution in [1.82, 2.24) is 4.57 Å². The third-order valence-corrected chi connectivity index (χ3v) is 4.36. The van der Waals surface area contributed by atoms with Gasteiger partial charge in [0.25, 0.3) is 0 Å². The smallest absolute Gasteiger partial charge is 0.295 e. The van der Waals surface area contributed by atoms with E-state index in [2.05, 4.69) is 6.92 Å². The Bertz CT molecular complexity index is 650. The van der Waals surface area contributed by atoms with Crippen LogP contribution in [0, 0.1) is 13.8 Å². The Morgan fingerprint density at radius 2 is 1.84 bits per heavy atom. The van der Waals surface area contributed by atoms with Gasteiger partial charge < -0.3 is 0 Å². The Hall–Kier alpha value is -1.68. The molecule has 100 valence electrons. The lowest BCUT2D eigenvalue weighted by molar-refractivity contribution is 0.0970. The molecule has 1 aromatic carbocycles. The zero-order chi connectivity index (χ0) is 14.0. The molecule has 0 bridgehead atoms. The van der Waals surface area contributed by atoms with Gasteiger partial charge >= 0.3 is 4.87 Å². The molecule has 0 N–H and O–H groups in total. The summed E-state index contributed by atoms with van der Waals surface area (Å²) in [7, 11) is 0. The van der Waals surface area contributed by atoms with Crippen LogP contribution in [0.2, 0.25) is 0 Å². The second-order valence-corrected chi connectivity index (χ2v) is 5.74. The minimum absolute atomic E-state index is 0.0225. The van der Waals surface area contributed by atoms with Crippen molar-refractivity contribution in [1.29, 1.82) is 0 Å². The fourth-order valence-electron chi connectivity index (χ4n) is 1.93. The van der Waals surface area contributed by atoms with Gasteiger partial charge in [0.1, 0.15) is 0 Å². The molecule has 0 radical (unpaired) electrons. The first kappa shape index (κ1) is 13.7. The number of rotatable bonds is 4. The largest absolute Gasteiger partial charge is 0.307 e. The van der Waals surface area contributed by atoms with E-state index in [0.29, 0.717) is 5.56 Å².